The summed E-state index contributed by atoms with van der Waals surface area (Å²) in [5.41, 5.74) is 12.6. The van der Waals surface area contributed by atoms with Gasteiger partial charge in [-0.25, -0.2) is 4.39 Å². The van der Waals surface area contributed by atoms with Crippen molar-refractivity contribution in [2.24, 2.45) is 11.5 Å². The van der Waals surface area contributed by atoms with Crippen LogP contribution >= 0.6 is 0 Å². The number of aliphatic hydroxyl groups excluding tert-OH is 1. The number of hydrogen-bond acceptors (Lipinski definition) is 5. The van der Waals surface area contributed by atoms with Gasteiger partial charge in [-0.15, -0.1) is 0 Å². The number of halogens is 2. The predicted molar refractivity (Wildman–Crippen MR) is 127 cm³/mol. The van der Waals surface area contributed by atoms with Gasteiger partial charge in [0, 0.05) is 29.8 Å². The minimum absolute atomic E-state index is 0.0324. The van der Waals surface area contributed by atoms with Crippen LogP contribution in [0.3, 0.4) is 0 Å². The maximum absolute atomic E-state index is 12.4. The van der Waals surface area contributed by atoms with Gasteiger partial charge in [-0.3, -0.25) is 15.2 Å². The Morgan fingerprint density at radius 2 is 1.58 bits per heavy atom. The molecule has 8 heteroatoms. The predicted octanol–water partition coefficient (Wildman–Crippen LogP) is 4.23. The van der Waals surface area contributed by atoms with Gasteiger partial charge in [0.1, 0.15) is 5.82 Å². The molecule has 33 heavy (non-hydrogen) atoms. The molecule has 0 saturated heterocycles. The molecule has 0 spiro atoms. The van der Waals surface area contributed by atoms with Crippen molar-refractivity contribution in [3.63, 3.8) is 0 Å². The molecule has 0 unspecified atom stereocenters. The summed E-state index contributed by atoms with van der Waals surface area (Å²) in [4.78, 5) is 14.9. The highest BCUT2D eigenvalue weighted by Crippen LogP contribution is 2.09. The van der Waals surface area contributed by atoms with Crippen molar-refractivity contribution < 1.29 is 18.7 Å². The number of hydrogen-bond donors (Lipinski definition) is 4. The number of aryl methyl sites for hydroxylation is 1. The Balaban J connectivity index is 0.000000249. The van der Waals surface area contributed by atoms with Crippen LogP contribution in [0.2, 0.25) is 0 Å². The molecule has 1 heterocycles. The second-order valence-corrected chi connectivity index (χ2v) is 6.76. The Morgan fingerprint density at radius 3 is 2.03 bits per heavy atom. The summed E-state index contributed by atoms with van der Waals surface area (Å²) in [6.45, 7) is 3.79. The number of amides is 1. The molecule has 1 amide bonds. The lowest BCUT2D eigenvalue weighted by Crippen LogP contribution is -2.14. The SMILES string of the molecule is C=C(N)c1ccc(F)cc1.N=C(F)c1ccccc1C(N)=O.OCCCCc1ccccn1. The second-order valence-electron chi connectivity index (χ2n) is 6.76. The third kappa shape index (κ3) is 10.8. The van der Waals surface area contributed by atoms with Crippen LogP contribution in [-0.2, 0) is 6.42 Å². The fourth-order valence-electron chi connectivity index (χ4n) is 2.52. The largest absolute Gasteiger partial charge is 0.399 e. The summed E-state index contributed by atoms with van der Waals surface area (Å²) in [7, 11) is 0. The van der Waals surface area contributed by atoms with Crippen molar-refractivity contribution in [2.75, 3.05) is 6.61 Å². The first-order valence-electron chi connectivity index (χ1n) is 10.1. The first-order valence-corrected chi connectivity index (χ1v) is 10.1. The quantitative estimate of drug-likeness (QED) is 0.315. The second kappa shape index (κ2) is 15.0. The van der Waals surface area contributed by atoms with Crippen molar-refractivity contribution in [3.8, 4) is 0 Å². The smallest absolute Gasteiger partial charge is 0.249 e. The molecule has 0 bridgehead atoms. The molecular weight excluding hydrogens is 426 g/mol. The van der Waals surface area contributed by atoms with Crippen molar-refractivity contribution in [1.29, 1.82) is 5.41 Å². The summed E-state index contributed by atoms with van der Waals surface area (Å²) in [5, 5.41) is 15.2. The summed E-state index contributed by atoms with van der Waals surface area (Å²) in [6, 6.07) is 17.6. The fraction of sp³-hybridized carbons (Fsp3) is 0.160. The summed E-state index contributed by atoms with van der Waals surface area (Å²) < 4.78 is 24.7. The van der Waals surface area contributed by atoms with Gasteiger partial charge in [-0.1, -0.05) is 36.9 Å². The number of nitrogens with one attached hydrogen (secondary N) is 1. The lowest BCUT2D eigenvalue weighted by Gasteiger charge is -2.00. The van der Waals surface area contributed by atoms with Gasteiger partial charge >= 0.3 is 0 Å². The molecule has 0 radical (unpaired) electrons. The van der Waals surface area contributed by atoms with E-state index in [4.69, 9.17) is 22.0 Å². The van der Waals surface area contributed by atoms with Gasteiger partial charge in [0.2, 0.25) is 11.9 Å². The Hall–Kier alpha value is -3.91. The normalized spacial score (nSPS) is 9.55. The van der Waals surface area contributed by atoms with Crippen LogP contribution in [0.5, 0.6) is 0 Å². The molecule has 0 aliphatic carbocycles. The third-order valence-corrected chi connectivity index (χ3v) is 4.21. The zero-order chi connectivity index (χ0) is 24.6. The number of nitrogens with two attached hydrogens (primary N) is 2. The van der Waals surface area contributed by atoms with E-state index < -0.39 is 11.9 Å². The molecular formula is C25H28F2N4O2. The van der Waals surface area contributed by atoms with Crippen molar-refractivity contribution in [2.45, 2.75) is 19.3 Å². The van der Waals surface area contributed by atoms with Gasteiger partial charge in [-0.05, 0) is 61.2 Å². The molecule has 0 saturated carbocycles. The third-order valence-electron chi connectivity index (χ3n) is 4.21. The topological polar surface area (TPSA) is 126 Å². The van der Waals surface area contributed by atoms with E-state index in [-0.39, 0.29) is 23.6 Å². The first kappa shape index (κ1) is 27.1. The van der Waals surface area contributed by atoms with Crippen molar-refractivity contribution in [1.82, 2.24) is 4.98 Å². The minimum Gasteiger partial charge on any atom is -0.399 e. The number of nitrogens with zero attached hydrogens (tertiary/aromatic N) is 1. The van der Waals surface area contributed by atoms with Crippen molar-refractivity contribution in [3.05, 3.63) is 108 Å². The Morgan fingerprint density at radius 1 is 0.970 bits per heavy atom. The van der Waals surface area contributed by atoms with Crippen LogP contribution in [0.4, 0.5) is 8.78 Å². The average Bonchev–Trinajstić information content (AvgIpc) is 2.81. The summed E-state index contributed by atoms with van der Waals surface area (Å²) in [6.07, 6.45) is 4.67. The summed E-state index contributed by atoms with van der Waals surface area (Å²) in [5.74, 6) is -2.14. The molecule has 1 aromatic heterocycles. The van der Waals surface area contributed by atoms with E-state index >= 15 is 0 Å². The monoisotopic (exact) mass is 454 g/mol. The number of aromatic nitrogens is 1. The number of primary amides is 1. The molecule has 2 aromatic carbocycles. The Kier molecular flexibility index (Phi) is 12.3. The highest BCUT2D eigenvalue weighted by molar-refractivity contribution is 6.05. The van der Waals surface area contributed by atoms with Crippen molar-refractivity contribution >= 4 is 17.6 Å². The van der Waals surface area contributed by atoms with Crippen LogP contribution in [0.25, 0.3) is 5.70 Å². The molecule has 0 aliphatic heterocycles. The number of carbonyl (C=O) groups is 1. The van der Waals surface area contributed by atoms with E-state index in [0.717, 1.165) is 30.5 Å². The molecule has 3 aromatic rings. The lowest BCUT2D eigenvalue weighted by molar-refractivity contribution is 0.1000. The standard InChI is InChI=1S/C9H13NO.C8H7FN2O.C8H8FN/c11-8-4-2-6-9-5-1-3-7-10-9;9-7(10)5-3-1-2-4-6(5)8(11)12;1-6(10)7-2-4-8(9)5-3-7/h1,3,5,7,11H,2,4,6,8H2;1-4,10H,(H2,11,12);2-5H,1,10H2. The fourth-order valence-corrected chi connectivity index (χ4v) is 2.52. The van der Waals surface area contributed by atoms with E-state index in [9.17, 15) is 13.6 Å². The maximum Gasteiger partial charge on any atom is 0.249 e. The molecule has 174 valence electrons. The van der Waals surface area contributed by atoms with Gasteiger partial charge < -0.3 is 16.6 Å². The van der Waals surface area contributed by atoms with E-state index in [0.29, 0.717) is 5.70 Å². The number of carbonyl (C=O) groups excluding carboxylic acids is 1. The molecule has 3 rings (SSSR count). The van der Waals surface area contributed by atoms with Gasteiger partial charge in [0.05, 0.1) is 5.56 Å². The number of unbranched alkanes of at least 4 members (excludes halogenated alkanes) is 1. The number of pyridine rings is 1. The zero-order valence-corrected chi connectivity index (χ0v) is 18.2. The van der Waals surface area contributed by atoms with Crippen LogP contribution in [0.15, 0.2) is 79.5 Å². The van der Waals surface area contributed by atoms with E-state index in [1.54, 1.807) is 24.4 Å². The molecule has 6 nitrogen and oxygen atoms in total. The number of aliphatic hydroxyl groups is 1. The van der Waals surface area contributed by atoms with Crippen LogP contribution in [-0.4, -0.2) is 28.6 Å². The first-order chi connectivity index (χ1) is 15.8. The van der Waals surface area contributed by atoms with Crippen LogP contribution < -0.4 is 11.5 Å². The zero-order valence-electron chi connectivity index (χ0n) is 18.2. The highest BCUT2D eigenvalue weighted by atomic mass is 19.1. The Labute approximate surface area is 192 Å². The summed E-state index contributed by atoms with van der Waals surface area (Å²) >= 11 is 0. The highest BCUT2D eigenvalue weighted by Gasteiger charge is 2.10. The number of benzene rings is 2. The average molecular weight is 455 g/mol. The van der Waals surface area contributed by atoms with Gasteiger partial charge in [0.15, 0.2) is 0 Å². The molecule has 0 fully saturated rings. The lowest BCUT2D eigenvalue weighted by atomic mass is 10.1. The van der Waals surface area contributed by atoms with E-state index in [2.05, 4.69) is 11.6 Å². The van der Waals surface area contributed by atoms with Gasteiger partial charge in [0.25, 0.3) is 0 Å². The van der Waals surface area contributed by atoms with E-state index in [1.165, 1.54) is 30.3 Å². The number of rotatable bonds is 7. The van der Waals surface area contributed by atoms with E-state index in [1.807, 2.05) is 18.2 Å². The molecule has 6 N–H and O–H groups in total. The van der Waals surface area contributed by atoms with Crippen LogP contribution in [0.1, 0.15) is 40.0 Å². The molecule has 0 atom stereocenters. The maximum atomic E-state index is 12.4. The minimum atomic E-state index is -1.15. The van der Waals surface area contributed by atoms with Crippen LogP contribution in [0, 0.1) is 11.2 Å². The molecule has 0 aliphatic rings. The Bertz CT molecular complexity index is 993. The van der Waals surface area contributed by atoms with Gasteiger partial charge in [-0.2, -0.15) is 4.39 Å².